The second-order valence-electron chi connectivity index (χ2n) is 3.99. The maximum Gasteiger partial charge on any atom is 0.211 e. The summed E-state index contributed by atoms with van der Waals surface area (Å²) in [6.45, 7) is 0. The zero-order valence-corrected chi connectivity index (χ0v) is 9.73. The van der Waals surface area contributed by atoms with Crippen molar-refractivity contribution in [2.24, 2.45) is 5.92 Å². The van der Waals surface area contributed by atoms with Gasteiger partial charge in [-0.05, 0) is 45.7 Å². The predicted octanol–water partition coefficient (Wildman–Crippen LogP) is 0.314. The van der Waals surface area contributed by atoms with E-state index in [-0.39, 0.29) is 0 Å². The first-order valence-electron chi connectivity index (χ1n) is 5.16. The maximum absolute atomic E-state index is 11.3. The first kappa shape index (κ1) is 11.9. The van der Waals surface area contributed by atoms with Crippen LogP contribution in [-0.2, 0) is 10.0 Å². The van der Waals surface area contributed by atoms with Gasteiger partial charge in [0.15, 0.2) is 0 Å². The van der Waals surface area contributed by atoms with E-state index in [1.54, 1.807) is 0 Å². The van der Waals surface area contributed by atoms with Gasteiger partial charge in [-0.2, -0.15) is 0 Å². The molecule has 0 aromatic carbocycles. The summed E-state index contributed by atoms with van der Waals surface area (Å²) in [6.07, 6.45) is 4.24. The van der Waals surface area contributed by atoms with E-state index in [0.29, 0.717) is 17.7 Å². The van der Waals surface area contributed by atoms with Gasteiger partial charge in [0.2, 0.25) is 10.0 Å². The summed E-state index contributed by atoms with van der Waals surface area (Å²) in [5.41, 5.74) is 0. The Morgan fingerprint density at radius 2 is 1.71 bits per heavy atom. The lowest BCUT2D eigenvalue weighted by Gasteiger charge is -2.27. The Hall–Kier alpha value is -0.130. The van der Waals surface area contributed by atoms with E-state index in [0.717, 1.165) is 25.7 Å². The minimum Gasteiger partial charge on any atom is -0.317 e. The monoisotopic (exact) mass is 220 g/mol. The molecule has 0 bridgehead atoms. The average Bonchev–Trinajstić information content (AvgIpc) is 2.19. The fourth-order valence-electron chi connectivity index (χ4n) is 2.01. The van der Waals surface area contributed by atoms with Crippen LogP contribution in [0.2, 0.25) is 0 Å². The molecule has 0 atom stereocenters. The molecule has 1 saturated carbocycles. The van der Waals surface area contributed by atoms with Crippen molar-refractivity contribution in [2.45, 2.75) is 31.7 Å². The zero-order chi connectivity index (χ0) is 10.6. The van der Waals surface area contributed by atoms with Crippen LogP contribution in [0.15, 0.2) is 0 Å². The molecule has 0 amide bonds. The van der Waals surface area contributed by atoms with Crippen LogP contribution in [0.25, 0.3) is 0 Å². The van der Waals surface area contributed by atoms with Crippen LogP contribution in [0.4, 0.5) is 0 Å². The van der Waals surface area contributed by atoms with Gasteiger partial charge in [0.25, 0.3) is 0 Å². The second-order valence-corrected chi connectivity index (χ2v) is 5.96. The Balaban J connectivity index is 2.36. The summed E-state index contributed by atoms with van der Waals surface area (Å²) in [5.74, 6) is 0.636. The predicted molar refractivity (Wildman–Crippen MR) is 57.7 cm³/mol. The number of rotatable bonds is 4. The Bertz CT molecular complexity index is 256. The third kappa shape index (κ3) is 3.55. The zero-order valence-electron chi connectivity index (χ0n) is 8.91. The van der Waals surface area contributed by atoms with E-state index in [1.807, 2.05) is 7.05 Å². The van der Waals surface area contributed by atoms with Crippen molar-refractivity contribution >= 4 is 10.0 Å². The summed E-state index contributed by atoms with van der Waals surface area (Å²) < 4.78 is 25.0. The van der Waals surface area contributed by atoms with Crippen LogP contribution < -0.4 is 10.0 Å². The molecule has 0 unspecified atom stereocenters. The Labute approximate surface area is 86.5 Å². The highest BCUT2D eigenvalue weighted by Crippen LogP contribution is 2.24. The molecule has 0 radical (unpaired) electrons. The van der Waals surface area contributed by atoms with Crippen molar-refractivity contribution < 1.29 is 8.42 Å². The molecule has 1 fully saturated rings. The minimum absolute atomic E-state index is 0.292. The molecule has 84 valence electrons. The Morgan fingerprint density at radius 3 is 2.14 bits per heavy atom. The highest BCUT2D eigenvalue weighted by Gasteiger charge is 2.23. The lowest BCUT2D eigenvalue weighted by molar-refractivity contribution is 0.320. The van der Waals surface area contributed by atoms with Gasteiger partial charge in [-0.15, -0.1) is 0 Å². The van der Waals surface area contributed by atoms with Crippen molar-refractivity contribution in [3.8, 4) is 0 Å². The van der Waals surface area contributed by atoms with E-state index in [1.165, 1.54) is 7.05 Å². The molecule has 0 aromatic rings. The highest BCUT2D eigenvalue weighted by atomic mass is 32.2. The lowest BCUT2D eigenvalue weighted by atomic mass is 9.87. The smallest absolute Gasteiger partial charge is 0.211 e. The fraction of sp³-hybridized carbons (Fsp3) is 1.00. The standard InChI is InChI=1S/C9H20N2O2S/c1-10-9-5-3-8(4-6-9)7-14(12,13)11-2/h8-11H,3-7H2,1-2H3. The van der Waals surface area contributed by atoms with Gasteiger partial charge in [0, 0.05) is 6.04 Å². The Kier molecular flexibility index (Phi) is 4.34. The van der Waals surface area contributed by atoms with E-state index < -0.39 is 10.0 Å². The van der Waals surface area contributed by atoms with Gasteiger partial charge >= 0.3 is 0 Å². The van der Waals surface area contributed by atoms with Crippen molar-refractivity contribution in [1.29, 1.82) is 0 Å². The highest BCUT2D eigenvalue weighted by molar-refractivity contribution is 7.89. The first-order valence-corrected chi connectivity index (χ1v) is 6.81. The largest absolute Gasteiger partial charge is 0.317 e. The molecule has 1 rings (SSSR count). The van der Waals surface area contributed by atoms with Crippen LogP contribution in [0.5, 0.6) is 0 Å². The normalized spacial score (nSPS) is 29.0. The van der Waals surface area contributed by atoms with Gasteiger partial charge in [-0.25, -0.2) is 13.1 Å². The van der Waals surface area contributed by atoms with Crippen molar-refractivity contribution in [3.05, 3.63) is 0 Å². The number of nitrogens with one attached hydrogen (secondary N) is 2. The molecule has 4 nitrogen and oxygen atoms in total. The second kappa shape index (κ2) is 5.09. The lowest BCUT2D eigenvalue weighted by Crippen LogP contribution is -2.34. The van der Waals surface area contributed by atoms with Crippen molar-refractivity contribution in [3.63, 3.8) is 0 Å². The number of hydrogen-bond donors (Lipinski definition) is 2. The molecular formula is C9H20N2O2S. The van der Waals surface area contributed by atoms with E-state index in [2.05, 4.69) is 10.0 Å². The van der Waals surface area contributed by atoms with Crippen LogP contribution in [-0.4, -0.2) is 34.3 Å². The van der Waals surface area contributed by atoms with Gasteiger partial charge in [0.1, 0.15) is 0 Å². The Morgan fingerprint density at radius 1 is 1.14 bits per heavy atom. The first-order chi connectivity index (χ1) is 6.57. The quantitative estimate of drug-likeness (QED) is 0.717. The van der Waals surface area contributed by atoms with Crippen molar-refractivity contribution in [1.82, 2.24) is 10.0 Å². The molecule has 0 saturated heterocycles. The van der Waals surface area contributed by atoms with Crippen LogP contribution in [0, 0.1) is 5.92 Å². The fourth-order valence-corrected chi connectivity index (χ4v) is 3.13. The van der Waals surface area contributed by atoms with Crippen LogP contribution >= 0.6 is 0 Å². The summed E-state index contributed by atoms with van der Waals surface area (Å²) in [6, 6.07) is 0.587. The molecule has 0 spiro atoms. The average molecular weight is 220 g/mol. The van der Waals surface area contributed by atoms with Crippen LogP contribution in [0.3, 0.4) is 0 Å². The maximum atomic E-state index is 11.3. The van der Waals surface area contributed by atoms with Gasteiger partial charge < -0.3 is 5.32 Å². The van der Waals surface area contributed by atoms with E-state index >= 15 is 0 Å². The molecule has 0 aromatic heterocycles. The third-order valence-corrected chi connectivity index (χ3v) is 4.55. The number of hydrogen-bond acceptors (Lipinski definition) is 3. The van der Waals surface area contributed by atoms with Gasteiger partial charge in [-0.3, -0.25) is 0 Å². The summed E-state index contributed by atoms with van der Waals surface area (Å²) in [4.78, 5) is 0. The minimum atomic E-state index is -3.01. The molecule has 14 heavy (non-hydrogen) atoms. The molecular weight excluding hydrogens is 200 g/mol. The number of sulfonamides is 1. The van der Waals surface area contributed by atoms with E-state index in [9.17, 15) is 8.42 Å². The third-order valence-electron chi connectivity index (χ3n) is 3.02. The summed E-state index contributed by atoms with van der Waals surface area (Å²) >= 11 is 0. The van der Waals surface area contributed by atoms with E-state index in [4.69, 9.17) is 0 Å². The molecule has 5 heteroatoms. The summed E-state index contributed by atoms with van der Waals surface area (Å²) in [5, 5.41) is 3.24. The van der Waals surface area contributed by atoms with Crippen molar-refractivity contribution in [2.75, 3.05) is 19.8 Å². The molecule has 2 N–H and O–H groups in total. The molecule has 1 aliphatic rings. The van der Waals surface area contributed by atoms with Gasteiger partial charge in [0.05, 0.1) is 5.75 Å². The SMILES string of the molecule is CNC1CCC(CS(=O)(=O)NC)CC1. The topological polar surface area (TPSA) is 58.2 Å². The van der Waals surface area contributed by atoms with Crippen LogP contribution in [0.1, 0.15) is 25.7 Å². The van der Waals surface area contributed by atoms with Gasteiger partial charge in [-0.1, -0.05) is 0 Å². The summed E-state index contributed by atoms with van der Waals surface area (Å²) in [7, 11) is 0.435. The molecule has 0 aliphatic heterocycles. The molecule has 1 aliphatic carbocycles. The molecule has 0 heterocycles.